The van der Waals surface area contributed by atoms with Crippen molar-refractivity contribution in [2.45, 2.75) is 45.2 Å². The van der Waals surface area contributed by atoms with Crippen LogP contribution >= 0.6 is 0 Å². The number of rotatable bonds is 2. The second-order valence-corrected chi connectivity index (χ2v) is 4.91. The van der Waals surface area contributed by atoms with Crippen LogP contribution in [0.3, 0.4) is 0 Å². The molecule has 0 aromatic carbocycles. The van der Waals surface area contributed by atoms with Crippen LogP contribution in [0, 0.1) is 5.92 Å². The van der Waals surface area contributed by atoms with Crippen molar-refractivity contribution in [3.05, 3.63) is 15.9 Å². The molecule has 1 aromatic rings. The number of aromatic amines is 1. The van der Waals surface area contributed by atoms with Crippen LogP contribution in [0.1, 0.15) is 31.7 Å². The van der Waals surface area contributed by atoms with Crippen molar-refractivity contribution in [1.82, 2.24) is 9.78 Å². The van der Waals surface area contributed by atoms with E-state index in [9.17, 15) is 4.79 Å². The minimum Gasteiger partial charge on any atom is -0.368 e. The lowest BCUT2D eigenvalue weighted by molar-refractivity contribution is 0.548. The fourth-order valence-electron chi connectivity index (χ4n) is 2.24. The number of aromatic nitrogens is 2. The van der Waals surface area contributed by atoms with Crippen molar-refractivity contribution >= 4 is 5.82 Å². The number of nitrogens with zero attached hydrogens (tertiary/aromatic N) is 1. The van der Waals surface area contributed by atoms with Crippen LogP contribution in [0.2, 0.25) is 0 Å². The van der Waals surface area contributed by atoms with E-state index in [1.54, 1.807) is 4.68 Å². The highest BCUT2D eigenvalue weighted by Gasteiger charge is 2.26. The van der Waals surface area contributed by atoms with E-state index in [-0.39, 0.29) is 5.56 Å². The van der Waals surface area contributed by atoms with Crippen molar-refractivity contribution in [3.63, 3.8) is 0 Å². The Morgan fingerprint density at radius 3 is 2.93 bits per heavy atom. The third-order valence-corrected chi connectivity index (χ3v) is 3.41. The van der Waals surface area contributed by atoms with Gasteiger partial charge in [0.25, 0.3) is 5.56 Å². The summed E-state index contributed by atoms with van der Waals surface area (Å²) in [7, 11) is 0. The van der Waals surface area contributed by atoms with E-state index in [2.05, 4.69) is 17.3 Å². The number of anilines is 1. The smallest absolute Gasteiger partial charge is 0.271 e. The first-order valence-corrected chi connectivity index (χ1v) is 5.82. The fraction of sp³-hybridized carbons (Fsp3) is 0.727. The molecule has 2 heterocycles. The van der Waals surface area contributed by atoms with E-state index in [0.717, 1.165) is 36.7 Å². The van der Waals surface area contributed by atoms with Crippen LogP contribution in [0.25, 0.3) is 0 Å². The predicted octanol–water partition coefficient (Wildman–Crippen LogP) is 1.33. The molecular weight excluding hydrogens is 190 g/mol. The normalized spacial score (nSPS) is 24.7. The second-order valence-electron chi connectivity index (χ2n) is 4.91. The number of H-pyrrole nitrogens is 1. The molecule has 0 bridgehead atoms. The van der Waals surface area contributed by atoms with Gasteiger partial charge in [-0.25, -0.2) is 0 Å². The summed E-state index contributed by atoms with van der Waals surface area (Å²) < 4.78 is 1.79. The summed E-state index contributed by atoms with van der Waals surface area (Å²) in [4.78, 5) is 12.0. The molecule has 1 aliphatic heterocycles. The fourth-order valence-corrected chi connectivity index (χ4v) is 2.24. The van der Waals surface area contributed by atoms with E-state index in [1.807, 2.05) is 0 Å². The quantitative estimate of drug-likeness (QED) is 0.768. The van der Waals surface area contributed by atoms with E-state index in [1.165, 1.54) is 12.8 Å². The first-order valence-electron chi connectivity index (χ1n) is 5.82. The summed E-state index contributed by atoms with van der Waals surface area (Å²) in [6, 6.07) is 0.477. The summed E-state index contributed by atoms with van der Waals surface area (Å²) in [6.45, 7) is 3.03. The first-order chi connectivity index (χ1) is 7.24. The lowest BCUT2D eigenvalue weighted by Gasteiger charge is -2.19. The van der Waals surface area contributed by atoms with Crippen LogP contribution in [0.15, 0.2) is 4.79 Å². The molecule has 0 spiro atoms. The van der Waals surface area contributed by atoms with Crippen LogP contribution in [-0.2, 0) is 13.0 Å². The lowest BCUT2D eigenvalue weighted by atomic mass is 10.0. The van der Waals surface area contributed by atoms with Crippen LogP contribution in [0.4, 0.5) is 5.82 Å². The number of nitrogens with one attached hydrogen (secondary N) is 2. The van der Waals surface area contributed by atoms with Crippen molar-refractivity contribution in [1.29, 1.82) is 0 Å². The molecule has 1 unspecified atom stereocenters. The number of hydrogen-bond donors (Lipinski definition) is 2. The molecule has 1 fully saturated rings. The SMILES string of the molecule is CC1CCc2c([nH]n(CC3CC3)c2=O)N1. The summed E-state index contributed by atoms with van der Waals surface area (Å²) >= 11 is 0. The molecule has 1 atom stereocenters. The summed E-state index contributed by atoms with van der Waals surface area (Å²) in [6.07, 6.45) is 4.53. The molecule has 1 aliphatic carbocycles. The van der Waals surface area contributed by atoms with Crippen molar-refractivity contribution in [3.8, 4) is 0 Å². The Balaban J connectivity index is 1.92. The maximum Gasteiger partial charge on any atom is 0.271 e. The minimum atomic E-state index is 0.191. The van der Waals surface area contributed by atoms with Gasteiger partial charge >= 0.3 is 0 Å². The molecule has 3 rings (SSSR count). The summed E-state index contributed by atoms with van der Waals surface area (Å²) in [5.41, 5.74) is 1.14. The molecule has 82 valence electrons. The lowest BCUT2D eigenvalue weighted by Crippen LogP contribution is -2.25. The molecule has 4 heteroatoms. The van der Waals surface area contributed by atoms with Crippen LogP contribution in [0.5, 0.6) is 0 Å². The number of fused-ring (bicyclic) bond motifs is 1. The molecule has 0 saturated heterocycles. The van der Waals surface area contributed by atoms with Gasteiger partial charge < -0.3 is 5.32 Å². The van der Waals surface area contributed by atoms with E-state index >= 15 is 0 Å². The zero-order valence-corrected chi connectivity index (χ0v) is 9.05. The van der Waals surface area contributed by atoms with Gasteiger partial charge in [0.2, 0.25) is 0 Å². The molecule has 15 heavy (non-hydrogen) atoms. The Labute approximate surface area is 88.7 Å². The van der Waals surface area contributed by atoms with Gasteiger partial charge in [-0.15, -0.1) is 0 Å². The van der Waals surface area contributed by atoms with E-state index < -0.39 is 0 Å². The van der Waals surface area contributed by atoms with Gasteiger partial charge in [-0.1, -0.05) is 0 Å². The Kier molecular flexibility index (Phi) is 1.90. The zero-order valence-electron chi connectivity index (χ0n) is 9.05. The van der Waals surface area contributed by atoms with Crippen LogP contribution in [-0.4, -0.2) is 15.8 Å². The molecule has 2 aliphatic rings. The standard InChI is InChI=1S/C11H17N3O/c1-7-2-5-9-10(12-7)13-14(11(9)15)6-8-3-4-8/h7-8,12-13H,2-6H2,1H3. The van der Waals surface area contributed by atoms with Gasteiger partial charge in [-0.2, -0.15) is 0 Å². The van der Waals surface area contributed by atoms with Gasteiger partial charge in [0.1, 0.15) is 5.82 Å². The monoisotopic (exact) mass is 207 g/mol. The Bertz CT molecular complexity index is 428. The highest BCUT2D eigenvalue weighted by atomic mass is 16.1. The van der Waals surface area contributed by atoms with Gasteiger partial charge in [-0.05, 0) is 38.5 Å². The topological polar surface area (TPSA) is 49.8 Å². The maximum atomic E-state index is 12.0. The van der Waals surface area contributed by atoms with Crippen LogP contribution < -0.4 is 10.9 Å². The summed E-state index contributed by atoms with van der Waals surface area (Å²) in [5.74, 6) is 1.69. The highest BCUT2D eigenvalue weighted by Crippen LogP contribution is 2.30. The Morgan fingerprint density at radius 1 is 1.40 bits per heavy atom. The Hall–Kier alpha value is -1.19. The highest BCUT2D eigenvalue weighted by molar-refractivity contribution is 5.46. The average molecular weight is 207 g/mol. The first kappa shape index (κ1) is 9.07. The van der Waals surface area contributed by atoms with Gasteiger partial charge in [0.15, 0.2) is 0 Å². The number of hydrogen-bond acceptors (Lipinski definition) is 2. The third kappa shape index (κ3) is 1.58. The molecule has 4 nitrogen and oxygen atoms in total. The molecule has 2 N–H and O–H groups in total. The molecule has 0 radical (unpaired) electrons. The second kappa shape index (κ2) is 3.15. The van der Waals surface area contributed by atoms with Gasteiger partial charge in [0, 0.05) is 12.6 Å². The van der Waals surface area contributed by atoms with Crippen molar-refractivity contribution < 1.29 is 0 Å². The molecular formula is C11H17N3O. The zero-order chi connectivity index (χ0) is 10.4. The van der Waals surface area contributed by atoms with Gasteiger partial charge in [0.05, 0.1) is 5.56 Å². The predicted molar refractivity (Wildman–Crippen MR) is 59.2 cm³/mol. The molecule has 1 saturated carbocycles. The van der Waals surface area contributed by atoms with Crippen molar-refractivity contribution in [2.24, 2.45) is 5.92 Å². The maximum absolute atomic E-state index is 12.0. The molecule has 0 amide bonds. The van der Waals surface area contributed by atoms with E-state index in [4.69, 9.17) is 0 Å². The van der Waals surface area contributed by atoms with Gasteiger partial charge in [-0.3, -0.25) is 14.6 Å². The Morgan fingerprint density at radius 2 is 2.20 bits per heavy atom. The van der Waals surface area contributed by atoms with Crippen molar-refractivity contribution in [2.75, 3.05) is 5.32 Å². The minimum absolute atomic E-state index is 0.191. The third-order valence-electron chi connectivity index (χ3n) is 3.41. The average Bonchev–Trinajstić information content (AvgIpc) is 2.95. The van der Waals surface area contributed by atoms with E-state index in [0.29, 0.717) is 6.04 Å². The summed E-state index contributed by atoms with van der Waals surface area (Å²) in [5, 5.41) is 6.54. The largest absolute Gasteiger partial charge is 0.368 e. The molecule has 1 aromatic heterocycles.